The molecule has 1 unspecified atom stereocenters. The lowest BCUT2D eigenvalue weighted by Crippen LogP contribution is -2.52. The second kappa shape index (κ2) is 7.00. The average Bonchev–Trinajstić information content (AvgIpc) is 2.62. The van der Waals surface area contributed by atoms with Gasteiger partial charge in [-0.3, -0.25) is 9.59 Å². The predicted octanol–water partition coefficient (Wildman–Crippen LogP) is 1.13. The third-order valence-electron chi connectivity index (χ3n) is 4.42. The van der Waals surface area contributed by atoms with Gasteiger partial charge in [0.2, 0.25) is 5.91 Å². The van der Waals surface area contributed by atoms with Gasteiger partial charge in [0.05, 0.1) is 13.2 Å². The van der Waals surface area contributed by atoms with Crippen LogP contribution in [0.1, 0.15) is 29.6 Å². The number of hydrogen-bond donors (Lipinski definition) is 1. The minimum Gasteiger partial charge on any atom is -0.480 e. The molecule has 7 nitrogen and oxygen atoms in total. The van der Waals surface area contributed by atoms with Crippen molar-refractivity contribution in [1.29, 1.82) is 0 Å². The summed E-state index contributed by atoms with van der Waals surface area (Å²) in [5.41, 5.74) is 1.18. The number of benzene rings is 1. The maximum atomic E-state index is 12.6. The van der Waals surface area contributed by atoms with Gasteiger partial charge in [-0.25, -0.2) is 4.79 Å². The number of hydrogen-bond acceptors (Lipinski definition) is 4. The molecule has 1 atom stereocenters. The molecule has 1 aromatic rings. The van der Waals surface area contributed by atoms with E-state index >= 15 is 0 Å². The number of ether oxygens (including phenoxy) is 1. The highest BCUT2D eigenvalue weighted by atomic mass is 16.5. The van der Waals surface area contributed by atoms with Crippen LogP contribution in [-0.2, 0) is 14.3 Å². The van der Waals surface area contributed by atoms with Crippen LogP contribution in [-0.4, -0.2) is 60.1 Å². The lowest BCUT2D eigenvalue weighted by molar-refractivity contribution is -0.147. The Morgan fingerprint density at radius 2 is 1.88 bits per heavy atom. The molecule has 0 saturated carbocycles. The zero-order chi connectivity index (χ0) is 17.1. The van der Waals surface area contributed by atoms with E-state index in [0.717, 1.165) is 18.5 Å². The molecule has 2 aliphatic heterocycles. The van der Waals surface area contributed by atoms with Crippen LogP contribution < -0.4 is 4.90 Å². The monoisotopic (exact) mass is 332 g/mol. The minimum atomic E-state index is -1.07. The normalized spacial score (nSPS) is 21.7. The molecule has 2 heterocycles. The third kappa shape index (κ3) is 3.26. The molecule has 1 N–H and O–H groups in total. The van der Waals surface area contributed by atoms with E-state index in [1.54, 1.807) is 29.2 Å². The number of carboxylic acid groups (broad SMARTS) is 1. The number of nitrogens with zero attached hydrogens (tertiary/aromatic N) is 2. The van der Waals surface area contributed by atoms with Crippen LogP contribution in [0.5, 0.6) is 0 Å². The van der Waals surface area contributed by atoms with E-state index < -0.39 is 12.0 Å². The number of piperidine rings is 1. The maximum absolute atomic E-state index is 12.6. The smallest absolute Gasteiger partial charge is 0.328 e. The van der Waals surface area contributed by atoms with Crippen molar-refractivity contribution in [3.8, 4) is 0 Å². The van der Waals surface area contributed by atoms with Crippen molar-refractivity contribution in [2.75, 3.05) is 31.2 Å². The Labute approximate surface area is 139 Å². The number of anilines is 1. The minimum absolute atomic E-state index is 0.00143. The SMILES string of the molecule is O=C(O)C1COCCN1C(=O)c1ccc(N2CCCCC2=O)cc1. The molecule has 128 valence electrons. The van der Waals surface area contributed by atoms with E-state index in [1.807, 2.05) is 0 Å². The van der Waals surface area contributed by atoms with Gasteiger partial charge in [-0.2, -0.15) is 0 Å². The highest BCUT2D eigenvalue weighted by Crippen LogP contribution is 2.22. The molecule has 0 spiro atoms. The number of carbonyl (C=O) groups is 3. The summed E-state index contributed by atoms with van der Waals surface area (Å²) in [6, 6.07) is 5.82. The lowest BCUT2D eigenvalue weighted by atomic mass is 10.1. The van der Waals surface area contributed by atoms with Gasteiger partial charge in [-0.05, 0) is 37.1 Å². The van der Waals surface area contributed by atoms with Gasteiger partial charge in [0.15, 0.2) is 6.04 Å². The molecule has 0 aromatic heterocycles. The van der Waals surface area contributed by atoms with Crippen molar-refractivity contribution < 1.29 is 24.2 Å². The summed E-state index contributed by atoms with van der Waals surface area (Å²) in [6.45, 7) is 1.27. The molecule has 24 heavy (non-hydrogen) atoms. The fourth-order valence-electron chi connectivity index (χ4n) is 3.08. The summed E-state index contributed by atoms with van der Waals surface area (Å²) in [4.78, 5) is 38.9. The number of morpholine rings is 1. The molecular weight excluding hydrogens is 312 g/mol. The first-order valence-corrected chi connectivity index (χ1v) is 8.10. The van der Waals surface area contributed by atoms with Gasteiger partial charge in [0, 0.05) is 30.8 Å². The number of carboxylic acids is 1. The number of aliphatic carboxylic acids is 1. The molecule has 0 aliphatic carbocycles. The van der Waals surface area contributed by atoms with E-state index in [0.29, 0.717) is 25.1 Å². The largest absolute Gasteiger partial charge is 0.480 e. The van der Waals surface area contributed by atoms with Crippen molar-refractivity contribution in [1.82, 2.24) is 4.90 Å². The Balaban J connectivity index is 1.76. The molecule has 7 heteroatoms. The van der Waals surface area contributed by atoms with Crippen LogP contribution in [0.2, 0.25) is 0 Å². The van der Waals surface area contributed by atoms with E-state index in [4.69, 9.17) is 4.74 Å². The van der Waals surface area contributed by atoms with E-state index in [2.05, 4.69) is 0 Å². The Morgan fingerprint density at radius 1 is 1.12 bits per heavy atom. The quantitative estimate of drug-likeness (QED) is 0.896. The number of carbonyl (C=O) groups excluding carboxylic acids is 2. The number of rotatable bonds is 3. The summed E-state index contributed by atoms with van der Waals surface area (Å²) < 4.78 is 5.15. The van der Waals surface area contributed by atoms with Gasteiger partial charge in [0.1, 0.15) is 0 Å². The summed E-state index contributed by atoms with van der Waals surface area (Å²) in [6.07, 6.45) is 2.44. The molecular formula is C17H20N2O5. The molecule has 2 amide bonds. The molecule has 0 radical (unpaired) electrons. The zero-order valence-corrected chi connectivity index (χ0v) is 13.3. The van der Waals surface area contributed by atoms with E-state index in [1.165, 1.54) is 4.90 Å². The maximum Gasteiger partial charge on any atom is 0.328 e. The Morgan fingerprint density at radius 3 is 2.54 bits per heavy atom. The second-order valence-corrected chi connectivity index (χ2v) is 5.98. The van der Waals surface area contributed by atoms with Crippen LogP contribution >= 0.6 is 0 Å². The van der Waals surface area contributed by atoms with Gasteiger partial charge < -0.3 is 19.6 Å². The van der Waals surface area contributed by atoms with Gasteiger partial charge in [-0.1, -0.05) is 0 Å². The summed E-state index contributed by atoms with van der Waals surface area (Å²) >= 11 is 0. The van der Waals surface area contributed by atoms with E-state index in [-0.39, 0.29) is 25.0 Å². The molecule has 0 bridgehead atoms. The third-order valence-corrected chi connectivity index (χ3v) is 4.42. The molecule has 2 aliphatic rings. The molecule has 2 fully saturated rings. The van der Waals surface area contributed by atoms with Crippen molar-refractivity contribution in [2.45, 2.75) is 25.3 Å². The van der Waals surface area contributed by atoms with Crippen LogP contribution in [0, 0.1) is 0 Å². The first-order chi connectivity index (χ1) is 11.6. The first-order valence-electron chi connectivity index (χ1n) is 8.10. The van der Waals surface area contributed by atoms with Gasteiger partial charge in [-0.15, -0.1) is 0 Å². The fraction of sp³-hybridized carbons (Fsp3) is 0.471. The highest BCUT2D eigenvalue weighted by Gasteiger charge is 2.33. The standard InChI is InChI=1S/C17H20N2O5/c20-15-3-1-2-8-18(15)13-6-4-12(5-7-13)16(21)19-9-10-24-11-14(19)17(22)23/h4-7,14H,1-3,8-11H2,(H,22,23). The highest BCUT2D eigenvalue weighted by molar-refractivity contribution is 5.98. The van der Waals surface area contributed by atoms with Crippen LogP contribution in [0.25, 0.3) is 0 Å². The van der Waals surface area contributed by atoms with Crippen molar-refractivity contribution >= 4 is 23.5 Å². The Hall–Kier alpha value is -2.41. The Kier molecular flexibility index (Phi) is 4.80. The van der Waals surface area contributed by atoms with E-state index in [9.17, 15) is 19.5 Å². The summed E-state index contributed by atoms with van der Waals surface area (Å²) in [5.74, 6) is -1.31. The first kappa shape index (κ1) is 16.4. The number of amides is 2. The van der Waals surface area contributed by atoms with Crippen LogP contribution in [0.4, 0.5) is 5.69 Å². The Bertz CT molecular complexity index is 643. The molecule has 2 saturated heterocycles. The summed E-state index contributed by atoms with van der Waals surface area (Å²) in [7, 11) is 0. The summed E-state index contributed by atoms with van der Waals surface area (Å²) in [5, 5.41) is 9.23. The fourth-order valence-corrected chi connectivity index (χ4v) is 3.08. The average molecular weight is 332 g/mol. The van der Waals surface area contributed by atoms with Gasteiger partial charge in [0.25, 0.3) is 5.91 Å². The predicted molar refractivity (Wildman–Crippen MR) is 85.9 cm³/mol. The van der Waals surface area contributed by atoms with Gasteiger partial charge >= 0.3 is 5.97 Å². The zero-order valence-electron chi connectivity index (χ0n) is 13.3. The van der Waals surface area contributed by atoms with Crippen molar-refractivity contribution in [3.63, 3.8) is 0 Å². The lowest BCUT2D eigenvalue weighted by Gasteiger charge is -2.33. The van der Waals surface area contributed by atoms with Crippen LogP contribution in [0.15, 0.2) is 24.3 Å². The second-order valence-electron chi connectivity index (χ2n) is 5.98. The molecule has 1 aromatic carbocycles. The molecule has 3 rings (SSSR count). The van der Waals surface area contributed by atoms with Crippen molar-refractivity contribution in [3.05, 3.63) is 29.8 Å². The van der Waals surface area contributed by atoms with Crippen molar-refractivity contribution in [2.24, 2.45) is 0 Å². The van der Waals surface area contributed by atoms with Crippen LogP contribution in [0.3, 0.4) is 0 Å². The topological polar surface area (TPSA) is 87.2 Å².